The second-order valence-corrected chi connectivity index (χ2v) is 9.86. The normalized spacial score (nSPS) is 37.0. The van der Waals surface area contributed by atoms with E-state index in [0.717, 1.165) is 51.2 Å². The molecule has 2 aliphatic heterocycles. The Morgan fingerprint density at radius 2 is 2.00 bits per heavy atom. The van der Waals surface area contributed by atoms with E-state index in [-0.39, 0.29) is 16.8 Å². The third-order valence-electron chi connectivity index (χ3n) is 5.70. The van der Waals surface area contributed by atoms with E-state index in [1.807, 2.05) is 0 Å². The van der Waals surface area contributed by atoms with Gasteiger partial charge in [0.05, 0.1) is 18.0 Å². The van der Waals surface area contributed by atoms with Crippen LogP contribution in [0.15, 0.2) is 0 Å². The van der Waals surface area contributed by atoms with Crippen LogP contribution in [0.2, 0.25) is 0 Å². The molecule has 126 valence electrons. The fraction of sp³-hybridized carbons (Fsp3) is 1.00. The summed E-state index contributed by atoms with van der Waals surface area (Å²) >= 11 is 0. The number of hydrogen-bond donors (Lipinski definition) is 0. The maximum atomic E-state index is 12.6. The zero-order chi connectivity index (χ0) is 15.2. The molecule has 2 saturated carbocycles. The summed E-state index contributed by atoms with van der Waals surface area (Å²) in [5.41, 5.74) is -0.118. The van der Waals surface area contributed by atoms with E-state index in [2.05, 4.69) is 0 Å². The summed E-state index contributed by atoms with van der Waals surface area (Å²) in [5, 5.41) is -0.113. The highest BCUT2D eigenvalue weighted by atomic mass is 32.2. The lowest BCUT2D eigenvalue weighted by molar-refractivity contribution is -0.143. The lowest BCUT2D eigenvalue weighted by Crippen LogP contribution is -2.58. The summed E-state index contributed by atoms with van der Waals surface area (Å²) in [4.78, 5) is 0. The molecule has 0 radical (unpaired) electrons. The maximum Gasteiger partial charge on any atom is 0.217 e. The first-order valence-corrected chi connectivity index (χ1v) is 10.3. The van der Waals surface area contributed by atoms with Crippen LogP contribution in [0, 0.1) is 11.3 Å². The van der Waals surface area contributed by atoms with Crippen molar-refractivity contribution in [2.45, 2.75) is 56.3 Å². The van der Waals surface area contributed by atoms with Crippen molar-refractivity contribution in [2.75, 3.05) is 32.9 Å². The van der Waals surface area contributed by atoms with E-state index in [4.69, 9.17) is 9.47 Å². The van der Waals surface area contributed by atoms with Crippen molar-refractivity contribution in [1.29, 1.82) is 0 Å². The van der Waals surface area contributed by atoms with Crippen molar-refractivity contribution in [3.05, 3.63) is 0 Å². The molecular weight excluding hydrogens is 302 g/mol. The van der Waals surface area contributed by atoms with Crippen LogP contribution in [-0.2, 0) is 19.5 Å². The van der Waals surface area contributed by atoms with Gasteiger partial charge in [-0.05, 0) is 50.9 Å². The molecule has 6 heteroatoms. The summed E-state index contributed by atoms with van der Waals surface area (Å²) in [5.74, 6) is 0.745. The molecule has 0 unspecified atom stereocenters. The van der Waals surface area contributed by atoms with Crippen LogP contribution in [0.5, 0.6) is 0 Å². The van der Waals surface area contributed by atoms with E-state index >= 15 is 0 Å². The van der Waals surface area contributed by atoms with E-state index in [1.54, 1.807) is 4.31 Å². The van der Waals surface area contributed by atoms with Gasteiger partial charge >= 0.3 is 0 Å². The van der Waals surface area contributed by atoms with Crippen LogP contribution in [-0.4, -0.2) is 57.0 Å². The van der Waals surface area contributed by atoms with Crippen LogP contribution in [0.3, 0.4) is 0 Å². The highest BCUT2D eigenvalue weighted by Crippen LogP contribution is 2.43. The van der Waals surface area contributed by atoms with Gasteiger partial charge in [-0.1, -0.05) is 0 Å². The van der Waals surface area contributed by atoms with Gasteiger partial charge in [-0.2, -0.15) is 0 Å². The molecule has 2 saturated heterocycles. The molecule has 22 heavy (non-hydrogen) atoms. The van der Waals surface area contributed by atoms with Gasteiger partial charge in [0.2, 0.25) is 10.0 Å². The third kappa shape index (κ3) is 2.95. The van der Waals surface area contributed by atoms with E-state index in [0.29, 0.717) is 19.7 Å². The molecule has 2 atom stereocenters. The minimum atomic E-state index is -3.08. The van der Waals surface area contributed by atoms with Gasteiger partial charge in [0.15, 0.2) is 0 Å². The predicted molar refractivity (Wildman–Crippen MR) is 83.1 cm³/mol. The molecular formula is C16H27NO4S. The zero-order valence-corrected chi connectivity index (χ0v) is 14.0. The van der Waals surface area contributed by atoms with Crippen molar-refractivity contribution in [1.82, 2.24) is 4.31 Å². The second kappa shape index (κ2) is 5.72. The Kier molecular flexibility index (Phi) is 4.00. The maximum absolute atomic E-state index is 12.6. The predicted octanol–water partition coefficient (Wildman–Crippen LogP) is 1.78. The van der Waals surface area contributed by atoms with Gasteiger partial charge in [0, 0.05) is 31.7 Å². The van der Waals surface area contributed by atoms with Crippen LogP contribution in [0.1, 0.15) is 44.9 Å². The fourth-order valence-electron chi connectivity index (χ4n) is 3.97. The Balaban J connectivity index is 1.47. The van der Waals surface area contributed by atoms with Gasteiger partial charge in [-0.3, -0.25) is 0 Å². The topological polar surface area (TPSA) is 55.8 Å². The molecule has 0 bridgehead atoms. The van der Waals surface area contributed by atoms with Crippen LogP contribution >= 0.6 is 0 Å². The molecule has 0 aromatic heterocycles. The highest BCUT2D eigenvalue weighted by molar-refractivity contribution is 7.90. The number of ether oxygens (including phenoxy) is 2. The number of fused-ring (bicyclic) bond motifs is 1. The quantitative estimate of drug-likeness (QED) is 0.745. The summed E-state index contributed by atoms with van der Waals surface area (Å²) in [6.45, 7) is 3.52. The summed E-state index contributed by atoms with van der Waals surface area (Å²) in [6.07, 6.45) is 7.28. The molecule has 0 N–H and O–H groups in total. The van der Waals surface area contributed by atoms with Gasteiger partial charge in [-0.15, -0.1) is 0 Å². The van der Waals surface area contributed by atoms with Gasteiger partial charge in [-0.25, -0.2) is 12.7 Å². The Bertz CT molecular complexity index is 514. The van der Waals surface area contributed by atoms with Crippen molar-refractivity contribution in [2.24, 2.45) is 11.3 Å². The summed E-state index contributed by atoms with van der Waals surface area (Å²) < 4.78 is 38.9. The highest BCUT2D eigenvalue weighted by Gasteiger charge is 2.51. The molecule has 0 spiro atoms. The van der Waals surface area contributed by atoms with Crippen molar-refractivity contribution in [3.8, 4) is 0 Å². The number of nitrogens with zero attached hydrogens (tertiary/aromatic N) is 1. The standard InChI is InChI=1S/C16H27NO4S/c18-22(19,14-4-5-14)17-8-6-15-16(11-17,7-1-9-21-15)12-20-10-13-2-3-13/h13-15H,1-12H2/t15-,16+/m0/s1. The zero-order valence-electron chi connectivity index (χ0n) is 13.2. The number of rotatable bonds is 6. The Labute approximate surface area is 133 Å². The molecule has 0 amide bonds. The monoisotopic (exact) mass is 329 g/mol. The lowest BCUT2D eigenvalue weighted by atomic mass is 9.73. The second-order valence-electron chi connectivity index (χ2n) is 7.65. The average Bonchev–Trinajstić information content (AvgIpc) is 3.38. The first-order chi connectivity index (χ1) is 10.6. The average molecular weight is 329 g/mol. The van der Waals surface area contributed by atoms with Crippen LogP contribution < -0.4 is 0 Å². The molecule has 5 nitrogen and oxygen atoms in total. The van der Waals surface area contributed by atoms with E-state index in [1.165, 1.54) is 12.8 Å². The summed E-state index contributed by atoms with van der Waals surface area (Å²) in [6, 6.07) is 0. The molecule has 4 aliphatic rings. The number of hydrogen-bond acceptors (Lipinski definition) is 4. The van der Waals surface area contributed by atoms with Crippen molar-refractivity contribution < 1.29 is 17.9 Å². The van der Waals surface area contributed by atoms with Crippen LogP contribution in [0.4, 0.5) is 0 Å². The van der Waals surface area contributed by atoms with Gasteiger partial charge < -0.3 is 9.47 Å². The van der Waals surface area contributed by atoms with Gasteiger partial charge in [0.1, 0.15) is 0 Å². The first-order valence-electron chi connectivity index (χ1n) is 8.78. The summed E-state index contributed by atoms with van der Waals surface area (Å²) in [7, 11) is -3.08. The molecule has 4 rings (SSSR count). The molecule has 4 fully saturated rings. The smallest absolute Gasteiger partial charge is 0.217 e. The van der Waals surface area contributed by atoms with Crippen molar-refractivity contribution >= 4 is 10.0 Å². The molecule has 2 aliphatic carbocycles. The fourth-order valence-corrected chi connectivity index (χ4v) is 5.92. The largest absolute Gasteiger partial charge is 0.380 e. The van der Waals surface area contributed by atoms with Gasteiger partial charge in [0.25, 0.3) is 0 Å². The van der Waals surface area contributed by atoms with E-state index < -0.39 is 10.0 Å². The third-order valence-corrected chi connectivity index (χ3v) is 8.04. The molecule has 0 aromatic rings. The molecule has 0 aromatic carbocycles. The minimum Gasteiger partial charge on any atom is -0.380 e. The van der Waals surface area contributed by atoms with Crippen molar-refractivity contribution in [3.63, 3.8) is 0 Å². The number of sulfonamides is 1. The minimum absolute atomic E-state index is 0.113. The number of piperidine rings is 1. The first kappa shape index (κ1) is 15.4. The Morgan fingerprint density at radius 1 is 1.18 bits per heavy atom. The molecule has 2 heterocycles. The Hall–Kier alpha value is -0.170. The Morgan fingerprint density at radius 3 is 2.73 bits per heavy atom. The lowest BCUT2D eigenvalue weighted by Gasteiger charge is -2.49. The van der Waals surface area contributed by atoms with Crippen LogP contribution in [0.25, 0.3) is 0 Å². The SMILES string of the molecule is O=S(=O)(C1CC1)N1CC[C@@H]2OCCC[C@]2(COCC2CC2)C1. The van der Waals surface area contributed by atoms with E-state index in [9.17, 15) is 8.42 Å².